The number of amides is 1. The van der Waals surface area contributed by atoms with Gasteiger partial charge in [-0.2, -0.15) is 5.26 Å². The van der Waals surface area contributed by atoms with Gasteiger partial charge < -0.3 is 4.74 Å². The van der Waals surface area contributed by atoms with Gasteiger partial charge in [0.1, 0.15) is 6.07 Å². The van der Waals surface area contributed by atoms with Crippen LogP contribution >= 0.6 is 23.1 Å². The van der Waals surface area contributed by atoms with E-state index in [9.17, 15) is 4.79 Å². The molecule has 1 rings (SSSR count). The van der Waals surface area contributed by atoms with Crippen molar-refractivity contribution in [3.8, 4) is 6.07 Å². The average molecular weight is 257 g/mol. The normalized spacial score (nSPS) is 9.62. The first-order chi connectivity index (χ1) is 7.63. The van der Waals surface area contributed by atoms with Gasteiger partial charge in [-0.05, 0) is 5.75 Å². The lowest BCUT2D eigenvalue weighted by Gasteiger charge is -2.12. The highest BCUT2D eigenvalue weighted by atomic mass is 32.2. The smallest absolute Gasteiger partial charge is 0.414 e. The lowest BCUT2D eigenvalue weighted by Crippen LogP contribution is -2.26. The molecule has 86 valence electrons. The molecule has 0 aromatic carbocycles. The van der Waals surface area contributed by atoms with Crippen LogP contribution in [0, 0.1) is 11.3 Å². The largest absolute Gasteiger partial charge is 0.452 e. The number of carbonyl (C=O) groups excluding carboxylic acids is 1. The summed E-state index contributed by atoms with van der Waals surface area (Å²) in [4.78, 5) is 17.2. The van der Waals surface area contributed by atoms with Gasteiger partial charge in [-0.3, -0.25) is 4.90 Å². The number of hydrogen-bond acceptors (Lipinski definition) is 6. The first-order valence-electron chi connectivity index (χ1n) is 4.49. The van der Waals surface area contributed by atoms with E-state index >= 15 is 0 Å². The van der Waals surface area contributed by atoms with E-state index in [0.29, 0.717) is 10.7 Å². The van der Waals surface area contributed by atoms with Gasteiger partial charge in [0.2, 0.25) is 0 Å². The summed E-state index contributed by atoms with van der Waals surface area (Å²) in [6, 6.07) is 2.03. The van der Waals surface area contributed by atoms with Crippen LogP contribution in [0.2, 0.25) is 0 Å². The second-order valence-electron chi connectivity index (χ2n) is 2.71. The van der Waals surface area contributed by atoms with E-state index < -0.39 is 6.09 Å². The monoisotopic (exact) mass is 257 g/mol. The van der Waals surface area contributed by atoms with Crippen LogP contribution in [0.5, 0.6) is 0 Å². The summed E-state index contributed by atoms with van der Waals surface area (Å²) >= 11 is 2.82. The van der Waals surface area contributed by atoms with E-state index in [4.69, 9.17) is 5.26 Å². The topological polar surface area (TPSA) is 66.2 Å². The summed E-state index contributed by atoms with van der Waals surface area (Å²) in [7, 11) is 2.82. The summed E-state index contributed by atoms with van der Waals surface area (Å²) in [6.07, 6.45) is -0.533. The van der Waals surface area contributed by atoms with Gasteiger partial charge in [0, 0.05) is 7.05 Å². The molecule has 0 aliphatic carbocycles. The molecule has 7 heteroatoms. The fraction of sp³-hybridized carbons (Fsp3) is 0.444. The van der Waals surface area contributed by atoms with Gasteiger partial charge in [-0.1, -0.05) is 30.0 Å². The number of nitriles is 1. The zero-order valence-corrected chi connectivity index (χ0v) is 10.8. The van der Waals surface area contributed by atoms with Crippen molar-refractivity contribution in [2.75, 3.05) is 24.8 Å². The maximum Gasteiger partial charge on any atom is 0.414 e. The lowest BCUT2D eigenvalue weighted by atomic mass is 10.5. The Labute approximate surface area is 102 Å². The molecule has 0 spiro atoms. The number of aromatic nitrogens is 1. The van der Waals surface area contributed by atoms with Crippen molar-refractivity contribution >= 4 is 35.0 Å². The molecular formula is C9H11N3O2S2. The minimum absolute atomic E-state index is 0.357. The molecule has 1 amide bonds. The standard InChI is InChI=1S/C9H11N3O2S2/c1-4-15-8-11-7(6(5-10)16-8)12(2)9(13)14-3/h4H2,1-3H3. The molecule has 0 fully saturated rings. The number of thioether (sulfide) groups is 1. The number of nitrogens with zero attached hydrogens (tertiary/aromatic N) is 3. The van der Waals surface area contributed by atoms with E-state index in [1.165, 1.54) is 42.2 Å². The number of ether oxygens (including phenoxy) is 1. The van der Waals surface area contributed by atoms with Gasteiger partial charge in [0.05, 0.1) is 7.11 Å². The first kappa shape index (κ1) is 12.8. The summed E-state index contributed by atoms with van der Waals surface area (Å²) in [5, 5.41) is 8.94. The molecule has 0 bridgehead atoms. The Hall–Kier alpha value is -1.26. The second-order valence-corrected chi connectivity index (χ2v) is 5.22. The fourth-order valence-corrected chi connectivity index (χ4v) is 2.87. The van der Waals surface area contributed by atoms with Crippen molar-refractivity contribution in [3.05, 3.63) is 4.88 Å². The third-order valence-corrected chi connectivity index (χ3v) is 3.70. The van der Waals surface area contributed by atoms with Gasteiger partial charge >= 0.3 is 6.09 Å². The molecule has 0 saturated heterocycles. The van der Waals surface area contributed by atoms with Gasteiger partial charge in [0.25, 0.3) is 0 Å². The van der Waals surface area contributed by atoms with Crippen LogP contribution in [0.15, 0.2) is 4.34 Å². The summed E-state index contributed by atoms with van der Waals surface area (Å²) in [5.74, 6) is 1.23. The first-order valence-corrected chi connectivity index (χ1v) is 6.29. The van der Waals surface area contributed by atoms with Crippen molar-refractivity contribution < 1.29 is 9.53 Å². The van der Waals surface area contributed by atoms with E-state index in [1.54, 1.807) is 0 Å². The van der Waals surface area contributed by atoms with Crippen LogP contribution in [-0.2, 0) is 4.74 Å². The Morgan fingerprint density at radius 1 is 1.75 bits per heavy atom. The van der Waals surface area contributed by atoms with Crippen LogP contribution in [0.1, 0.15) is 11.8 Å². The van der Waals surface area contributed by atoms with Crippen molar-refractivity contribution in [1.82, 2.24) is 4.98 Å². The highest BCUT2D eigenvalue weighted by molar-refractivity contribution is 8.01. The van der Waals surface area contributed by atoms with Crippen molar-refractivity contribution in [3.63, 3.8) is 0 Å². The number of rotatable bonds is 3. The Bertz CT molecular complexity index is 425. The summed E-state index contributed by atoms with van der Waals surface area (Å²) < 4.78 is 5.35. The average Bonchev–Trinajstić information content (AvgIpc) is 2.70. The molecule has 1 heterocycles. The van der Waals surface area contributed by atoms with Gasteiger partial charge in [0.15, 0.2) is 15.0 Å². The molecule has 0 N–H and O–H groups in total. The van der Waals surface area contributed by atoms with Crippen molar-refractivity contribution in [2.24, 2.45) is 0 Å². The zero-order valence-electron chi connectivity index (χ0n) is 9.18. The Balaban J connectivity index is 3.03. The predicted molar refractivity (Wildman–Crippen MR) is 64.0 cm³/mol. The number of anilines is 1. The lowest BCUT2D eigenvalue weighted by molar-refractivity contribution is 0.180. The van der Waals surface area contributed by atoms with Crippen LogP contribution in [-0.4, -0.2) is 31.0 Å². The quantitative estimate of drug-likeness (QED) is 0.777. The molecule has 0 aliphatic heterocycles. The molecule has 1 aromatic rings. The molecule has 0 aliphatic rings. The summed E-state index contributed by atoms with van der Waals surface area (Å²) in [6.45, 7) is 2.00. The minimum Gasteiger partial charge on any atom is -0.452 e. The van der Waals surface area contributed by atoms with Crippen molar-refractivity contribution in [2.45, 2.75) is 11.3 Å². The van der Waals surface area contributed by atoms with E-state index in [0.717, 1.165) is 10.1 Å². The Morgan fingerprint density at radius 2 is 2.44 bits per heavy atom. The van der Waals surface area contributed by atoms with Crippen LogP contribution in [0.4, 0.5) is 10.6 Å². The SMILES string of the molecule is CCSc1nc(N(C)C(=O)OC)c(C#N)s1. The van der Waals surface area contributed by atoms with E-state index in [-0.39, 0.29) is 0 Å². The van der Waals surface area contributed by atoms with Gasteiger partial charge in [-0.15, -0.1) is 0 Å². The zero-order chi connectivity index (χ0) is 12.1. The van der Waals surface area contributed by atoms with Crippen molar-refractivity contribution in [1.29, 1.82) is 5.26 Å². The highest BCUT2D eigenvalue weighted by Crippen LogP contribution is 2.31. The van der Waals surface area contributed by atoms with Gasteiger partial charge in [-0.25, -0.2) is 9.78 Å². The number of hydrogen-bond donors (Lipinski definition) is 0. The molecule has 0 unspecified atom stereocenters. The maximum atomic E-state index is 11.3. The number of methoxy groups -OCH3 is 1. The molecule has 5 nitrogen and oxygen atoms in total. The number of carbonyl (C=O) groups is 1. The van der Waals surface area contributed by atoms with Crippen LogP contribution < -0.4 is 4.90 Å². The summed E-state index contributed by atoms with van der Waals surface area (Å²) in [5.41, 5.74) is 0. The molecule has 1 aromatic heterocycles. The maximum absolute atomic E-state index is 11.3. The molecule has 0 saturated carbocycles. The number of thiazole rings is 1. The molecule has 0 radical (unpaired) electrons. The van der Waals surface area contributed by atoms with Crippen LogP contribution in [0.25, 0.3) is 0 Å². The Kier molecular flexibility index (Phi) is 4.58. The van der Waals surface area contributed by atoms with Crippen LogP contribution in [0.3, 0.4) is 0 Å². The van der Waals surface area contributed by atoms with E-state index in [1.807, 2.05) is 13.0 Å². The predicted octanol–water partition coefficient (Wildman–Crippen LogP) is 2.33. The molecule has 0 atom stereocenters. The minimum atomic E-state index is -0.533. The second kappa shape index (κ2) is 5.72. The Morgan fingerprint density at radius 3 is 2.94 bits per heavy atom. The third kappa shape index (κ3) is 2.65. The van der Waals surface area contributed by atoms with E-state index in [2.05, 4.69) is 9.72 Å². The molecule has 16 heavy (non-hydrogen) atoms. The molecular weight excluding hydrogens is 246 g/mol. The highest BCUT2D eigenvalue weighted by Gasteiger charge is 2.20. The fourth-order valence-electron chi connectivity index (χ4n) is 1.00. The third-order valence-electron chi connectivity index (χ3n) is 1.73.